The molecule has 0 heterocycles. The van der Waals surface area contributed by atoms with Crippen molar-refractivity contribution >= 4 is 5.78 Å². The molecular weight excluding hydrogens is 212 g/mol. The summed E-state index contributed by atoms with van der Waals surface area (Å²) in [7, 11) is 0. The van der Waals surface area contributed by atoms with E-state index >= 15 is 0 Å². The predicted molar refractivity (Wildman–Crippen MR) is 68.8 cm³/mol. The minimum atomic E-state index is 0.153. The van der Waals surface area contributed by atoms with Gasteiger partial charge in [-0.15, -0.1) is 0 Å². The molecule has 2 aliphatic rings. The van der Waals surface area contributed by atoms with E-state index in [4.69, 9.17) is 4.74 Å². The lowest BCUT2D eigenvalue weighted by molar-refractivity contribution is -0.121. The zero-order valence-electron chi connectivity index (χ0n) is 11.3. The Morgan fingerprint density at radius 2 is 2.18 bits per heavy atom. The summed E-state index contributed by atoms with van der Waals surface area (Å²) in [5.74, 6) is 1.21. The molecule has 2 saturated carbocycles. The average molecular weight is 236 g/mol. The number of hydrogen-bond donors (Lipinski definition) is 0. The first-order chi connectivity index (χ1) is 7.95. The molecule has 0 aromatic heterocycles. The molecule has 0 aromatic carbocycles. The lowest BCUT2D eigenvalue weighted by Crippen LogP contribution is -2.40. The average Bonchev–Trinajstić information content (AvgIpc) is 2.60. The molecule has 2 rings (SSSR count). The van der Waals surface area contributed by atoms with Crippen LogP contribution in [0.4, 0.5) is 0 Å². The number of fused-ring (bicyclic) bond motifs is 1. The van der Waals surface area contributed by atoms with Gasteiger partial charge in [-0.3, -0.25) is 4.79 Å². The molecule has 96 valence electrons. The lowest BCUT2D eigenvalue weighted by atomic mass is 9.66. The lowest BCUT2D eigenvalue weighted by Gasteiger charge is -2.41. The Bertz CT molecular complexity index is 332. The Kier molecular flexibility index (Phi) is 3.44. The summed E-state index contributed by atoms with van der Waals surface area (Å²) >= 11 is 0. The van der Waals surface area contributed by atoms with E-state index in [9.17, 15) is 4.79 Å². The highest BCUT2D eigenvalue weighted by atomic mass is 16.5. The van der Waals surface area contributed by atoms with E-state index in [1.54, 1.807) is 0 Å². The number of ether oxygens (including phenoxy) is 1. The highest BCUT2D eigenvalue weighted by molar-refractivity contribution is 5.96. The first-order valence-electron chi connectivity index (χ1n) is 6.78. The predicted octanol–water partition coefficient (Wildman–Crippen LogP) is 3.36. The number of hydrogen-bond acceptors (Lipinski definition) is 2. The molecule has 0 radical (unpaired) electrons. The molecule has 0 bridgehead atoms. The number of carbonyl (C=O) groups excluding carboxylic acids is 1. The second kappa shape index (κ2) is 4.56. The van der Waals surface area contributed by atoms with Crippen molar-refractivity contribution in [1.82, 2.24) is 0 Å². The first kappa shape index (κ1) is 12.8. The summed E-state index contributed by atoms with van der Waals surface area (Å²) in [5, 5.41) is 0. The summed E-state index contributed by atoms with van der Waals surface area (Å²) in [5.41, 5.74) is 1.01. The molecule has 0 spiro atoms. The normalized spacial score (nSPS) is 37.6. The van der Waals surface area contributed by atoms with Gasteiger partial charge in [0.1, 0.15) is 0 Å². The Morgan fingerprint density at radius 1 is 1.47 bits per heavy atom. The van der Waals surface area contributed by atoms with Crippen LogP contribution in [0.1, 0.15) is 46.5 Å². The van der Waals surface area contributed by atoms with E-state index in [2.05, 4.69) is 27.4 Å². The molecule has 0 saturated heterocycles. The van der Waals surface area contributed by atoms with Crippen LogP contribution < -0.4 is 0 Å². The fourth-order valence-corrected chi connectivity index (χ4v) is 3.43. The molecule has 0 aliphatic heterocycles. The quantitative estimate of drug-likeness (QED) is 0.702. The van der Waals surface area contributed by atoms with E-state index < -0.39 is 0 Å². The van der Waals surface area contributed by atoms with Crippen LogP contribution in [0, 0.1) is 17.3 Å². The van der Waals surface area contributed by atoms with Gasteiger partial charge in [0.05, 0.1) is 6.10 Å². The highest BCUT2D eigenvalue weighted by Crippen LogP contribution is 2.53. The van der Waals surface area contributed by atoms with Crippen LogP contribution in [0.25, 0.3) is 0 Å². The maximum absolute atomic E-state index is 11.7. The van der Waals surface area contributed by atoms with Gasteiger partial charge in [-0.25, -0.2) is 0 Å². The van der Waals surface area contributed by atoms with Gasteiger partial charge in [0.15, 0.2) is 5.78 Å². The van der Waals surface area contributed by atoms with Crippen LogP contribution in [-0.2, 0) is 9.53 Å². The van der Waals surface area contributed by atoms with Gasteiger partial charge in [0.25, 0.3) is 0 Å². The topological polar surface area (TPSA) is 26.3 Å². The zero-order chi connectivity index (χ0) is 12.6. The van der Waals surface area contributed by atoms with E-state index in [1.807, 2.05) is 0 Å². The molecule has 2 heteroatoms. The Balaban J connectivity index is 2.08. The molecule has 0 unspecified atom stereocenters. The van der Waals surface area contributed by atoms with Crippen molar-refractivity contribution in [3.63, 3.8) is 0 Å². The van der Waals surface area contributed by atoms with Crippen LogP contribution in [0.2, 0.25) is 0 Å². The third-order valence-electron chi connectivity index (χ3n) is 4.55. The van der Waals surface area contributed by atoms with Crippen molar-refractivity contribution < 1.29 is 9.53 Å². The van der Waals surface area contributed by atoms with Crippen LogP contribution >= 0.6 is 0 Å². The fraction of sp³-hybridized carbons (Fsp3) is 0.800. The van der Waals surface area contributed by atoms with Gasteiger partial charge in [-0.2, -0.15) is 0 Å². The Morgan fingerprint density at radius 3 is 2.82 bits per heavy atom. The molecule has 3 atom stereocenters. The number of ketones is 1. The van der Waals surface area contributed by atoms with Crippen molar-refractivity contribution in [2.75, 3.05) is 6.61 Å². The van der Waals surface area contributed by atoms with Crippen molar-refractivity contribution in [2.45, 2.75) is 52.6 Å². The molecule has 2 fully saturated rings. The number of Topliss-reactive ketones (excluding diaryl/α,β-unsaturated/α-hetero) is 1. The summed E-state index contributed by atoms with van der Waals surface area (Å²) in [4.78, 5) is 11.7. The number of carbonyl (C=O) groups is 1. The summed E-state index contributed by atoms with van der Waals surface area (Å²) < 4.78 is 6.07. The highest BCUT2D eigenvalue weighted by Gasteiger charge is 2.51. The van der Waals surface area contributed by atoms with Gasteiger partial charge in [-0.05, 0) is 36.7 Å². The molecule has 2 aliphatic carbocycles. The minimum Gasteiger partial charge on any atom is -0.377 e. The van der Waals surface area contributed by atoms with Crippen molar-refractivity contribution in [1.29, 1.82) is 0 Å². The third kappa shape index (κ3) is 2.20. The molecule has 0 amide bonds. The minimum absolute atomic E-state index is 0.153. The van der Waals surface area contributed by atoms with Crippen LogP contribution in [-0.4, -0.2) is 18.5 Å². The van der Waals surface area contributed by atoms with E-state index in [-0.39, 0.29) is 11.2 Å². The monoisotopic (exact) mass is 236 g/mol. The largest absolute Gasteiger partial charge is 0.377 e. The second-order valence-corrected chi connectivity index (χ2v) is 6.30. The second-order valence-electron chi connectivity index (χ2n) is 6.30. The molecule has 0 aromatic rings. The van der Waals surface area contributed by atoms with Crippen LogP contribution in [0.15, 0.2) is 12.2 Å². The summed E-state index contributed by atoms with van der Waals surface area (Å²) in [6.07, 6.45) is 4.11. The van der Waals surface area contributed by atoms with Gasteiger partial charge < -0.3 is 4.74 Å². The van der Waals surface area contributed by atoms with Crippen molar-refractivity contribution in [3.05, 3.63) is 12.2 Å². The zero-order valence-corrected chi connectivity index (χ0v) is 11.3. The van der Waals surface area contributed by atoms with E-state index in [0.717, 1.165) is 31.4 Å². The number of allylic oxidation sites excluding steroid dienone is 1. The SMILES string of the molecule is C=C1C(=O)CC[C@]2(C)[C@@H]1CC[C@H]2OCC(C)C. The maximum atomic E-state index is 11.7. The van der Waals surface area contributed by atoms with Gasteiger partial charge in [-0.1, -0.05) is 27.4 Å². The van der Waals surface area contributed by atoms with Gasteiger partial charge in [0.2, 0.25) is 0 Å². The standard InChI is InChI=1S/C15H24O2/c1-10(2)9-17-14-6-5-12-11(3)13(16)7-8-15(12,14)4/h10,12,14H,3,5-9H2,1-2,4H3/t12-,14-,15-/m1/s1. The first-order valence-corrected chi connectivity index (χ1v) is 6.78. The van der Waals surface area contributed by atoms with Crippen molar-refractivity contribution in [3.8, 4) is 0 Å². The molecule has 0 N–H and O–H groups in total. The number of rotatable bonds is 3. The van der Waals surface area contributed by atoms with E-state index in [0.29, 0.717) is 24.4 Å². The fourth-order valence-electron chi connectivity index (χ4n) is 3.43. The van der Waals surface area contributed by atoms with Crippen molar-refractivity contribution in [2.24, 2.45) is 17.3 Å². The summed E-state index contributed by atoms with van der Waals surface area (Å²) in [6, 6.07) is 0. The molecular formula is C15H24O2. The Hall–Kier alpha value is -0.630. The molecule has 17 heavy (non-hydrogen) atoms. The smallest absolute Gasteiger partial charge is 0.158 e. The van der Waals surface area contributed by atoms with E-state index in [1.165, 1.54) is 0 Å². The molecule has 2 nitrogen and oxygen atoms in total. The third-order valence-corrected chi connectivity index (χ3v) is 4.55. The maximum Gasteiger partial charge on any atom is 0.158 e. The van der Waals surface area contributed by atoms with Gasteiger partial charge in [0, 0.05) is 18.4 Å². The Labute approximate surface area is 104 Å². The van der Waals surface area contributed by atoms with Crippen LogP contribution in [0.5, 0.6) is 0 Å². The van der Waals surface area contributed by atoms with Gasteiger partial charge >= 0.3 is 0 Å². The van der Waals surface area contributed by atoms with Crippen LogP contribution in [0.3, 0.4) is 0 Å². The summed E-state index contributed by atoms with van der Waals surface area (Å²) in [6.45, 7) is 11.5.